The molecule has 5 nitrogen and oxygen atoms in total. The van der Waals surface area contributed by atoms with E-state index < -0.39 is 0 Å². The van der Waals surface area contributed by atoms with Gasteiger partial charge in [0.2, 0.25) is 5.91 Å². The molecule has 0 aliphatic heterocycles. The molecule has 0 aliphatic rings. The Labute approximate surface area is 163 Å². The van der Waals surface area contributed by atoms with Crippen molar-refractivity contribution in [2.75, 3.05) is 19.1 Å². The van der Waals surface area contributed by atoms with Crippen LogP contribution in [0.5, 0.6) is 5.75 Å². The van der Waals surface area contributed by atoms with Crippen molar-refractivity contribution in [1.82, 2.24) is 15.3 Å². The van der Waals surface area contributed by atoms with E-state index in [1.807, 2.05) is 48.5 Å². The van der Waals surface area contributed by atoms with Crippen LogP contribution < -0.4 is 10.1 Å². The molecule has 0 saturated heterocycles. The number of carbonyl (C=O) groups is 1. The summed E-state index contributed by atoms with van der Waals surface area (Å²) < 4.78 is 5.17. The van der Waals surface area contributed by atoms with Gasteiger partial charge in [0.05, 0.1) is 24.2 Å². The monoisotopic (exact) mass is 383 g/mol. The van der Waals surface area contributed by atoms with E-state index in [-0.39, 0.29) is 11.9 Å². The summed E-state index contributed by atoms with van der Waals surface area (Å²) in [4.78, 5) is 20.5. The lowest BCUT2D eigenvalue weighted by atomic mass is 10.1. The van der Waals surface area contributed by atoms with Crippen LogP contribution in [0.2, 0.25) is 0 Å². The van der Waals surface area contributed by atoms with Crippen LogP contribution >= 0.6 is 11.8 Å². The molecule has 0 bridgehead atoms. The first kappa shape index (κ1) is 19.3. The predicted octanol–water partition coefficient (Wildman–Crippen LogP) is 4.11. The fourth-order valence-corrected chi connectivity index (χ4v) is 3.44. The van der Waals surface area contributed by atoms with Gasteiger partial charge in [0.1, 0.15) is 11.6 Å². The van der Waals surface area contributed by atoms with Crippen molar-refractivity contribution in [3.63, 3.8) is 0 Å². The molecule has 0 fully saturated rings. The molecule has 1 unspecified atom stereocenters. The smallest absolute Gasteiger partial charge is 0.220 e. The lowest BCUT2D eigenvalue weighted by Crippen LogP contribution is -2.30. The molecule has 142 valence electrons. The minimum atomic E-state index is -0.104. The Morgan fingerprint density at radius 2 is 2.00 bits per heavy atom. The van der Waals surface area contributed by atoms with Gasteiger partial charge in [-0.3, -0.25) is 4.79 Å². The Morgan fingerprint density at radius 3 is 2.70 bits per heavy atom. The summed E-state index contributed by atoms with van der Waals surface area (Å²) >= 11 is 1.77. The minimum absolute atomic E-state index is 0.0392. The van der Waals surface area contributed by atoms with E-state index in [2.05, 4.69) is 21.5 Å². The van der Waals surface area contributed by atoms with Crippen molar-refractivity contribution in [2.24, 2.45) is 0 Å². The first-order chi connectivity index (χ1) is 13.2. The van der Waals surface area contributed by atoms with Crippen molar-refractivity contribution in [3.8, 4) is 5.75 Å². The number of nitrogens with zero attached hydrogens (tertiary/aromatic N) is 1. The van der Waals surface area contributed by atoms with E-state index in [4.69, 9.17) is 4.74 Å². The molecule has 0 aliphatic carbocycles. The van der Waals surface area contributed by atoms with E-state index >= 15 is 0 Å². The molecule has 3 aromatic rings. The lowest BCUT2D eigenvalue weighted by molar-refractivity contribution is -0.121. The molecule has 6 heteroatoms. The fourth-order valence-electron chi connectivity index (χ4n) is 2.97. The zero-order valence-corrected chi connectivity index (χ0v) is 16.5. The SMILES string of the molecule is COc1ccc(CCC(=O)NC(CCSC)c2nc3ccccc3[nH]2)cc1. The van der Waals surface area contributed by atoms with Crippen LogP contribution in [-0.4, -0.2) is 35.0 Å². The topological polar surface area (TPSA) is 67.0 Å². The van der Waals surface area contributed by atoms with Gasteiger partial charge in [-0.1, -0.05) is 24.3 Å². The number of benzene rings is 2. The molecule has 1 amide bonds. The first-order valence-electron chi connectivity index (χ1n) is 9.05. The number of carbonyl (C=O) groups excluding carboxylic acids is 1. The summed E-state index contributed by atoms with van der Waals surface area (Å²) in [5.74, 6) is 2.64. The number of aryl methyl sites for hydroxylation is 1. The number of methoxy groups -OCH3 is 1. The van der Waals surface area contributed by atoms with Crippen LogP contribution in [-0.2, 0) is 11.2 Å². The fraction of sp³-hybridized carbons (Fsp3) is 0.333. The Bertz CT molecular complexity index is 844. The lowest BCUT2D eigenvalue weighted by Gasteiger charge is -2.16. The number of hydrogen-bond acceptors (Lipinski definition) is 4. The van der Waals surface area contributed by atoms with Crippen molar-refractivity contribution in [3.05, 3.63) is 59.9 Å². The number of nitrogens with one attached hydrogen (secondary N) is 2. The van der Waals surface area contributed by atoms with Gasteiger partial charge in [-0.2, -0.15) is 11.8 Å². The second-order valence-electron chi connectivity index (χ2n) is 6.39. The van der Waals surface area contributed by atoms with Gasteiger partial charge in [-0.05, 0) is 54.7 Å². The van der Waals surface area contributed by atoms with Crippen molar-refractivity contribution < 1.29 is 9.53 Å². The van der Waals surface area contributed by atoms with Gasteiger partial charge < -0.3 is 15.0 Å². The highest BCUT2D eigenvalue weighted by Gasteiger charge is 2.18. The predicted molar refractivity (Wildman–Crippen MR) is 111 cm³/mol. The molecule has 0 saturated carbocycles. The average Bonchev–Trinajstić information content (AvgIpc) is 3.14. The van der Waals surface area contributed by atoms with E-state index in [9.17, 15) is 4.79 Å². The number of imidazole rings is 1. The Kier molecular flexibility index (Phi) is 6.76. The quantitative estimate of drug-likeness (QED) is 0.583. The molecule has 1 atom stereocenters. The average molecular weight is 384 g/mol. The third kappa shape index (κ3) is 5.26. The maximum absolute atomic E-state index is 12.5. The number of rotatable bonds is 9. The molecule has 0 spiro atoms. The van der Waals surface area contributed by atoms with Crippen LogP contribution in [0.3, 0.4) is 0 Å². The zero-order chi connectivity index (χ0) is 19.1. The first-order valence-corrected chi connectivity index (χ1v) is 10.4. The summed E-state index contributed by atoms with van der Waals surface area (Å²) in [6.07, 6.45) is 4.06. The summed E-state index contributed by atoms with van der Waals surface area (Å²) in [5, 5.41) is 3.15. The highest BCUT2D eigenvalue weighted by molar-refractivity contribution is 7.98. The number of amides is 1. The van der Waals surface area contributed by atoms with Crippen molar-refractivity contribution in [2.45, 2.75) is 25.3 Å². The third-order valence-corrected chi connectivity index (χ3v) is 5.13. The second kappa shape index (κ2) is 9.46. The molecule has 1 heterocycles. The normalized spacial score (nSPS) is 12.1. The summed E-state index contributed by atoms with van der Waals surface area (Å²) in [5.41, 5.74) is 3.04. The van der Waals surface area contributed by atoms with Gasteiger partial charge in [0, 0.05) is 6.42 Å². The van der Waals surface area contributed by atoms with E-state index in [1.165, 1.54) is 0 Å². The summed E-state index contributed by atoms with van der Waals surface area (Å²) in [6, 6.07) is 15.7. The largest absolute Gasteiger partial charge is 0.497 e. The molecular formula is C21H25N3O2S. The van der Waals surface area contributed by atoms with Crippen LogP contribution in [0.25, 0.3) is 11.0 Å². The number of para-hydroxylation sites is 2. The highest BCUT2D eigenvalue weighted by atomic mass is 32.2. The molecular weight excluding hydrogens is 358 g/mol. The number of hydrogen-bond donors (Lipinski definition) is 2. The van der Waals surface area contributed by atoms with Crippen LogP contribution in [0.4, 0.5) is 0 Å². The summed E-state index contributed by atoms with van der Waals surface area (Å²) in [7, 11) is 1.65. The van der Waals surface area contributed by atoms with Crippen LogP contribution in [0.1, 0.15) is 30.3 Å². The Balaban J connectivity index is 1.63. The van der Waals surface area contributed by atoms with Crippen LogP contribution in [0, 0.1) is 0 Å². The van der Waals surface area contributed by atoms with Crippen molar-refractivity contribution >= 4 is 28.7 Å². The van der Waals surface area contributed by atoms with E-state index in [1.54, 1.807) is 18.9 Å². The number of aromatic amines is 1. The summed E-state index contributed by atoms with van der Waals surface area (Å²) in [6.45, 7) is 0. The molecule has 2 N–H and O–H groups in total. The standard InChI is InChI=1S/C21H25N3O2S/c1-26-16-10-7-15(8-11-16)9-12-20(25)22-19(13-14-27-2)21-23-17-5-3-4-6-18(17)24-21/h3-8,10-11,19H,9,12-14H2,1-2H3,(H,22,25)(H,23,24). The van der Waals surface area contributed by atoms with Gasteiger partial charge in [-0.15, -0.1) is 0 Å². The van der Waals surface area contributed by atoms with E-state index in [0.29, 0.717) is 12.8 Å². The molecule has 27 heavy (non-hydrogen) atoms. The number of H-pyrrole nitrogens is 1. The highest BCUT2D eigenvalue weighted by Crippen LogP contribution is 2.20. The molecule has 1 aromatic heterocycles. The van der Waals surface area contributed by atoms with Crippen molar-refractivity contribution in [1.29, 1.82) is 0 Å². The zero-order valence-electron chi connectivity index (χ0n) is 15.7. The number of aromatic nitrogens is 2. The molecule has 2 aromatic carbocycles. The number of fused-ring (bicyclic) bond motifs is 1. The Morgan fingerprint density at radius 1 is 1.22 bits per heavy atom. The number of thioether (sulfide) groups is 1. The third-order valence-electron chi connectivity index (χ3n) is 4.48. The molecule has 3 rings (SSSR count). The van der Waals surface area contributed by atoms with Gasteiger partial charge in [0.15, 0.2) is 0 Å². The number of ether oxygens (including phenoxy) is 1. The maximum atomic E-state index is 12.5. The minimum Gasteiger partial charge on any atom is -0.497 e. The van der Waals surface area contributed by atoms with Gasteiger partial charge >= 0.3 is 0 Å². The maximum Gasteiger partial charge on any atom is 0.220 e. The van der Waals surface area contributed by atoms with E-state index in [0.717, 1.165) is 40.3 Å². The molecule has 0 radical (unpaired) electrons. The Hall–Kier alpha value is -2.47. The van der Waals surface area contributed by atoms with Gasteiger partial charge in [0.25, 0.3) is 0 Å². The van der Waals surface area contributed by atoms with Crippen LogP contribution in [0.15, 0.2) is 48.5 Å². The second-order valence-corrected chi connectivity index (χ2v) is 7.37. The van der Waals surface area contributed by atoms with Gasteiger partial charge in [-0.25, -0.2) is 4.98 Å².